The summed E-state index contributed by atoms with van der Waals surface area (Å²) < 4.78 is 0. The van der Waals surface area contributed by atoms with Crippen LogP contribution in [0.25, 0.3) is 0 Å². The lowest BCUT2D eigenvalue weighted by molar-refractivity contribution is 0.0761. The summed E-state index contributed by atoms with van der Waals surface area (Å²) in [4.78, 5) is 18.4. The van der Waals surface area contributed by atoms with Crippen molar-refractivity contribution in [2.75, 3.05) is 19.7 Å². The molecule has 0 unspecified atom stereocenters. The Kier molecular flexibility index (Phi) is 4.70. The van der Waals surface area contributed by atoms with Gasteiger partial charge in [-0.3, -0.25) is 9.78 Å². The number of rotatable bonds is 3. The van der Waals surface area contributed by atoms with Gasteiger partial charge in [-0.25, -0.2) is 0 Å². The van der Waals surface area contributed by atoms with Crippen LogP contribution in [0.4, 0.5) is 0 Å². The highest BCUT2D eigenvalue weighted by molar-refractivity contribution is 5.94. The molecule has 0 bridgehead atoms. The van der Waals surface area contributed by atoms with Gasteiger partial charge in [0.1, 0.15) is 0 Å². The van der Waals surface area contributed by atoms with Gasteiger partial charge in [0.2, 0.25) is 0 Å². The molecule has 4 heteroatoms. The largest absolute Gasteiger partial charge is 0.396 e. The topological polar surface area (TPSA) is 53.4 Å². The third-order valence-corrected chi connectivity index (χ3v) is 3.32. The average molecular weight is 248 g/mol. The van der Waals surface area contributed by atoms with E-state index in [1.165, 1.54) is 12.8 Å². The standard InChI is InChI=1S/C14H20N2O2/c17-10-6-13-11-12(5-7-15-13)14(18)16-8-3-1-2-4-9-16/h5,7,11,17H,1-4,6,8-10H2. The van der Waals surface area contributed by atoms with Crippen LogP contribution in [0.15, 0.2) is 18.3 Å². The average Bonchev–Trinajstić information content (AvgIpc) is 2.67. The fourth-order valence-electron chi connectivity index (χ4n) is 2.32. The molecule has 18 heavy (non-hydrogen) atoms. The van der Waals surface area contributed by atoms with Gasteiger partial charge in [-0.05, 0) is 25.0 Å². The van der Waals surface area contributed by atoms with E-state index in [0.717, 1.165) is 31.6 Å². The maximum absolute atomic E-state index is 12.3. The minimum Gasteiger partial charge on any atom is -0.396 e. The molecule has 1 aliphatic rings. The minimum absolute atomic E-state index is 0.0638. The molecule has 1 amide bonds. The second kappa shape index (κ2) is 6.50. The van der Waals surface area contributed by atoms with Gasteiger partial charge in [-0.15, -0.1) is 0 Å². The van der Waals surface area contributed by atoms with Gasteiger partial charge in [0.25, 0.3) is 5.91 Å². The number of aliphatic hydroxyl groups is 1. The van der Waals surface area contributed by atoms with Gasteiger partial charge in [0.05, 0.1) is 0 Å². The van der Waals surface area contributed by atoms with E-state index in [-0.39, 0.29) is 12.5 Å². The molecule has 0 aromatic carbocycles. The molecule has 1 N–H and O–H groups in total. The Morgan fingerprint density at radius 1 is 1.28 bits per heavy atom. The van der Waals surface area contributed by atoms with Crippen LogP contribution in [0.2, 0.25) is 0 Å². The second-order valence-electron chi connectivity index (χ2n) is 4.72. The number of carbonyl (C=O) groups is 1. The van der Waals surface area contributed by atoms with Gasteiger partial charge in [-0.1, -0.05) is 12.8 Å². The number of amides is 1. The molecule has 0 radical (unpaired) electrons. The van der Waals surface area contributed by atoms with E-state index in [1.54, 1.807) is 18.3 Å². The summed E-state index contributed by atoms with van der Waals surface area (Å²) in [6.45, 7) is 1.78. The van der Waals surface area contributed by atoms with Gasteiger partial charge in [-0.2, -0.15) is 0 Å². The van der Waals surface area contributed by atoms with Gasteiger partial charge in [0, 0.05) is 43.6 Å². The van der Waals surface area contributed by atoms with Crippen molar-refractivity contribution < 1.29 is 9.90 Å². The van der Waals surface area contributed by atoms with E-state index in [9.17, 15) is 4.79 Å². The van der Waals surface area contributed by atoms with E-state index < -0.39 is 0 Å². The molecule has 0 atom stereocenters. The molecule has 2 rings (SSSR count). The second-order valence-corrected chi connectivity index (χ2v) is 4.72. The molecule has 0 aliphatic carbocycles. The van der Waals surface area contributed by atoms with Gasteiger partial charge in [0.15, 0.2) is 0 Å². The van der Waals surface area contributed by atoms with E-state index >= 15 is 0 Å². The molecule has 0 spiro atoms. The summed E-state index contributed by atoms with van der Waals surface area (Å²) in [6, 6.07) is 3.55. The molecule has 98 valence electrons. The van der Waals surface area contributed by atoms with Crippen LogP contribution >= 0.6 is 0 Å². The molecule has 1 aromatic heterocycles. The van der Waals surface area contributed by atoms with Crippen LogP contribution in [0.1, 0.15) is 41.7 Å². The molecule has 2 heterocycles. The third kappa shape index (κ3) is 3.29. The summed E-state index contributed by atoms with van der Waals surface area (Å²) in [7, 11) is 0. The first kappa shape index (κ1) is 13.0. The predicted octanol–water partition coefficient (Wildman–Crippen LogP) is 1.63. The Hall–Kier alpha value is -1.42. The summed E-state index contributed by atoms with van der Waals surface area (Å²) in [6.07, 6.45) is 6.78. The number of hydrogen-bond acceptors (Lipinski definition) is 3. The first-order chi connectivity index (χ1) is 8.81. The van der Waals surface area contributed by atoms with Crippen molar-refractivity contribution in [1.29, 1.82) is 0 Å². The van der Waals surface area contributed by atoms with Crippen molar-refractivity contribution in [3.8, 4) is 0 Å². The van der Waals surface area contributed by atoms with Crippen molar-refractivity contribution in [2.45, 2.75) is 32.1 Å². The van der Waals surface area contributed by atoms with E-state index in [0.29, 0.717) is 12.0 Å². The highest BCUT2D eigenvalue weighted by Crippen LogP contribution is 2.13. The Bertz CT molecular complexity index is 399. The van der Waals surface area contributed by atoms with Gasteiger partial charge >= 0.3 is 0 Å². The lowest BCUT2D eigenvalue weighted by Crippen LogP contribution is -2.31. The normalized spacial score (nSPS) is 16.4. The zero-order valence-electron chi connectivity index (χ0n) is 10.6. The van der Waals surface area contributed by atoms with Crippen LogP contribution in [0, 0.1) is 0 Å². The lowest BCUT2D eigenvalue weighted by atomic mass is 10.1. The van der Waals surface area contributed by atoms with Crippen molar-refractivity contribution in [3.63, 3.8) is 0 Å². The van der Waals surface area contributed by atoms with Crippen molar-refractivity contribution in [1.82, 2.24) is 9.88 Å². The van der Waals surface area contributed by atoms with Gasteiger partial charge < -0.3 is 10.0 Å². The quantitative estimate of drug-likeness (QED) is 0.884. The zero-order chi connectivity index (χ0) is 12.8. The molecule has 1 aromatic rings. The summed E-state index contributed by atoms with van der Waals surface area (Å²) in [5.41, 5.74) is 1.47. The molecule has 1 saturated heterocycles. The molecule has 1 aliphatic heterocycles. The fourth-order valence-corrected chi connectivity index (χ4v) is 2.32. The minimum atomic E-state index is 0.0638. The maximum atomic E-state index is 12.3. The van der Waals surface area contributed by atoms with E-state index in [1.807, 2.05) is 4.90 Å². The Morgan fingerprint density at radius 3 is 2.67 bits per heavy atom. The molecule has 0 saturated carbocycles. The zero-order valence-corrected chi connectivity index (χ0v) is 10.6. The number of nitrogens with zero attached hydrogens (tertiary/aromatic N) is 2. The van der Waals surface area contributed by atoms with Crippen molar-refractivity contribution in [2.24, 2.45) is 0 Å². The Labute approximate surface area is 108 Å². The van der Waals surface area contributed by atoms with Crippen LogP contribution in [-0.2, 0) is 6.42 Å². The number of aromatic nitrogens is 1. The van der Waals surface area contributed by atoms with Crippen molar-refractivity contribution in [3.05, 3.63) is 29.6 Å². The van der Waals surface area contributed by atoms with E-state index in [4.69, 9.17) is 5.11 Å². The monoisotopic (exact) mass is 248 g/mol. The van der Waals surface area contributed by atoms with Crippen LogP contribution in [-0.4, -0.2) is 40.6 Å². The highest BCUT2D eigenvalue weighted by Gasteiger charge is 2.17. The lowest BCUT2D eigenvalue weighted by Gasteiger charge is -2.20. The molecular formula is C14H20N2O2. The first-order valence-corrected chi connectivity index (χ1v) is 6.66. The Morgan fingerprint density at radius 2 is 2.00 bits per heavy atom. The molecule has 1 fully saturated rings. The number of likely N-dealkylation sites (tertiary alicyclic amines) is 1. The summed E-state index contributed by atoms with van der Waals surface area (Å²) >= 11 is 0. The molecule has 4 nitrogen and oxygen atoms in total. The first-order valence-electron chi connectivity index (χ1n) is 6.66. The summed E-state index contributed by atoms with van der Waals surface area (Å²) in [5, 5.41) is 8.90. The number of carbonyl (C=O) groups excluding carboxylic acids is 1. The summed E-state index contributed by atoms with van der Waals surface area (Å²) in [5.74, 6) is 0.0958. The Balaban J connectivity index is 2.09. The fraction of sp³-hybridized carbons (Fsp3) is 0.571. The predicted molar refractivity (Wildman–Crippen MR) is 69.4 cm³/mol. The smallest absolute Gasteiger partial charge is 0.253 e. The van der Waals surface area contributed by atoms with Crippen LogP contribution in [0.3, 0.4) is 0 Å². The van der Waals surface area contributed by atoms with E-state index in [2.05, 4.69) is 4.98 Å². The SMILES string of the molecule is O=C(c1ccnc(CCO)c1)N1CCCCCC1. The maximum Gasteiger partial charge on any atom is 0.253 e. The number of aliphatic hydroxyl groups excluding tert-OH is 1. The van der Waals surface area contributed by atoms with Crippen molar-refractivity contribution >= 4 is 5.91 Å². The van der Waals surface area contributed by atoms with Crippen LogP contribution < -0.4 is 0 Å². The highest BCUT2D eigenvalue weighted by atomic mass is 16.3. The number of pyridine rings is 1. The van der Waals surface area contributed by atoms with Crippen LogP contribution in [0.5, 0.6) is 0 Å². The number of hydrogen-bond donors (Lipinski definition) is 1. The third-order valence-electron chi connectivity index (χ3n) is 3.32. The molecular weight excluding hydrogens is 228 g/mol.